The Balaban J connectivity index is 2.88. The van der Waals surface area contributed by atoms with Crippen LogP contribution < -0.4 is 11.1 Å². The second-order valence-electron chi connectivity index (χ2n) is 3.92. The lowest BCUT2D eigenvalue weighted by Gasteiger charge is -2.21. The van der Waals surface area contributed by atoms with E-state index in [0.29, 0.717) is 19.6 Å². The van der Waals surface area contributed by atoms with Gasteiger partial charge < -0.3 is 15.8 Å². The molecule has 0 fully saturated rings. The number of hydrogen-bond acceptors (Lipinski definition) is 3. The average molecular weight is 262 g/mol. The summed E-state index contributed by atoms with van der Waals surface area (Å²) in [6.07, 6.45) is -3.83. The van der Waals surface area contributed by atoms with Gasteiger partial charge >= 0.3 is 6.18 Å². The molecule has 1 aromatic carbocycles. The van der Waals surface area contributed by atoms with Gasteiger partial charge in [-0.2, -0.15) is 13.2 Å². The molecule has 0 saturated heterocycles. The summed E-state index contributed by atoms with van der Waals surface area (Å²) in [5, 5.41) is 2.83. The molecule has 1 rings (SSSR count). The summed E-state index contributed by atoms with van der Waals surface area (Å²) in [7, 11) is 1.50. The number of benzene rings is 1. The molecule has 102 valence electrons. The molecule has 0 aromatic heterocycles. The first kappa shape index (κ1) is 14.8. The Morgan fingerprint density at radius 1 is 1.33 bits per heavy atom. The van der Waals surface area contributed by atoms with Crippen molar-refractivity contribution in [2.75, 3.05) is 25.6 Å². The largest absolute Gasteiger partial charge is 0.418 e. The fraction of sp³-hybridized carbons (Fsp3) is 0.500. The summed E-state index contributed by atoms with van der Waals surface area (Å²) in [6.45, 7) is 0.693. The van der Waals surface area contributed by atoms with Crippen molar-refractivity contribution in [2.45, 2.75) is 18.6 Å². The maximum Gasteiger partial charge on any atom is 0.418 e. The predicted octanol–water partition coefficient (Wildman–Crippen LogP) is 2.48. The van der Waals surface area contributed by atoms with Crippen molar-refractivity contribution in [3.63, 3.8) is 0 Å². The van der Waals surface area contributed by atoms with E-state index < -0.39 is 11.7 Å². The molecule has 3 N–H and O–H groups in total. The Bertz CT molecular complexity index is 363. The van der Waals surface area contributed by atoms with Crippen LogP contribution in [0.1, 0.15) is 12.0 Å². The van der Waals surface area contributed by atoms with E-state index in [1.165, 1.54) is 19.2 Å². The number of halogens is 3. The van der Waals surface area contributed by atoms with E-state index in [9.17, 15) is 13.2 Å². The normalized spacial score (nSPS) is 13.4. The van der Waals surface area contributed by atoms with Crippen molar-refractivity contribution in [1.29, 1.82) is 0 Å². The van der Waals surface area contributed by atoms with Crippen LogP contribution in [0.25, 0.3) is 0 Å². The summed E-state index contributed by atoms with van der Waals surface area (Å²) < 4.78 is 43.3. The van der Waals surface area contributed by atoms with Gasteiger partial charge in [0.25, 0.3) is 0 Å². The van der Waals surface area contributed by atoms with Gasteiger partial charge in [0.15, 0.2) is 0 Å². The monoisotopic (exact) mass is 262 g/mol. The Labute approximate surface area is 104 Å². The van der Waals surface area contributed by atoms with E-state index in [2.05, 4.69) is 5.32 Å². The molecule has 0 spiro atoms. The van der Waals surface area contributed by atoms with Crippen molar-refractivity contribution in [3.8, 4) is 0 Å². The number of ether oxygens (including phenoxy) is 1. The predicted molar refractivity (Wildman–Crippen MR) is 64.4 cm³/mol. The maximum absolute atomic E-state index is 12.8. The zero-order chi connectivity index (χ0) is 13.6. The molecule has 0 aliphatic carbocycles. The third-order valence-corrected chi connectivity index (χ3v) is 2.48. The lowest BCUT2D eigenvalue weighted by molar-refractivity contribution is -0.137. The molecular formula is C12H17F3N2O. The highest BCUT2D eigenvalue weighted by Gasteiger charge is 2.33. The highest BCUT2D eigenvalue weighted by molar-refractivity contribution is 5.53. The van der Waals surface area contributed by atoms with Gasteiger partial charge in [0, 0.05) is 12.8 Å². The standard InChI is InChI=1S/C12H17F3N2O/c1-18-8-9(6-7-16)17-11-5-3-2-4-10(11)12(13,14)15/h2-5,9,17H,6-8,16H2,1H3. The van der Waals surface area contributed by atoms with E-state index in [-0.39, 0.29) is 11.7 Å². The first-order chi connectivity index (χ1) is 8.49. The Kier molecular flexibility index (Phi) is 5.43. The first-order valence-electron chi connectivity index (χ1n) is 5.60. The van der Waals surface area contributed by atoms with Gasteiger partial charge in [0.05, 0.1) is 18.2 Å². The maximum atomic E-state index is 12.8. The number of anilines is 1. The van der Waals surface area contributed by atoms with Crippen LogP contribution >= 0.6 is 0 Å². The third kappa shape index (κ3) is 4.19. The van der Waals surface area contributed by atoms with Gasteiger partial charge in [0.2, 0.25) is 0 Å². The van der Waals surface area contributed by atoms with Crippen molar-refractivity contribution in [2.24, 2.45) is 5.73 Å². The molecular weight excluding hydrogens is 245 g/mol. The molecule has 18 heavy (non-hydrogen) atoms. The molecule has 0 saturated carbocycles. The van der Waals surface area contributed by atoms with Crippen LogP contribution in [0, 0.1) is 0 Å². The molecule has 0 aliphatic heterocycles. The zero-order valence-corrected chi connectivity index (χ0v) is 10.1. The van der Waals surface area contributed by atoms with Gasteiger partial charge in [0.1, 0.15) is 0 Å². The van der Waals surface area contributed by atoms with Crippen LogP contribution in [-0.4, -0.2) is 26.3 Å². The molecule has 1 aromatic rings. The van der Waals surface area contributed by atoms with Gasteiger partial charge in [-0.1, -0.05) is 12.1 Å². The molecule has 1 unspecified atom stereocenters. The summed E-state index contributed by atoms with van der Waals surface area (Å²) in [5.41, 5.74) is 4.80. The number of methoxy groups -OCH3 is 1. The van der Waals surface area contributed by atoms with Gasteiger partial charge in [-0.05, 0) is 25.1 Å². The number of alkyl halides is 3. The van der Waals surface area contributed by atoms with Crippen LogP contribution in [0.3, 0.4) is 0 Å². The number of nitrogens with one attached hydrogen (secondary N) is 1. The number of nitrogens with two attached hydrogens (primary N) is 1. The first-order valence-corrected chi connectivity index (χ1v) is 5.60. The van der Waals surface area contributed by atoms with Crippen LogP contribution in [0.15, 0.2) is 24.3 Å². The van der Waals surface area contributed by atoms with E-state index in [1.807, 2.05) is 0 Å². The highest BCUT2D eigenvalue weighted by atomic mass is 19.4. The van der Waals surface area contributed by atoms with Gasteiger partial charge in [-0.15, -0.1) is 0 Å². The zero-order valence-electron chi connectivity index (χ0n) is 10.1. The number of para-hydroxylation sites is 1. The summed E-state index contributed by atoms with van der Waals surface area (Å²) >= 11 is 0. The SMILES string of the molecule is COCC(CCN)Nc1ccccc1C(F)(F)F. The summed E-state index contributed by atoms with van der Waals surface area (Å²) in [5.74, 6) is 0. The van der Waals surface area contributed by atoms with Gasteiger partial charge in [-0.3, -0.25) is 0 Å². The van der Waals surface area contributed by atoms with Crippen molar-refractivity contribution in [3.05, 3.63) is 29.8 Å². The van der Waals surface area contributed by atoms with E-state index >= 15 is 0 Å². The molecule has 0 aliphatic rings. The third-order valence-electron chi connectivity index (χ3n) is 2.48. The summed E-state index contributed by atoms with van der Waals surface area (Å²) in [4.78, 5) is 0. The fourth-order valence-corrected chi connectivity index (χ4v) is 1.68. The highest BCUT2D eigenvalue weighted by Crippen LogP contribution is 2.34. The molecule has 0 heterocycles. The van der Waals surface area contributed by atoms with E-state index in [0.717, 1.165) is 6.07 Å². The molecule has 0 radical (unpaired) electrons. The Morgan fingerprint density at radius 3 is 2.56 bits per heavy atom. The lowest BCUT2D eigenvalue weighted by atomic mass is 10.1. The van der Waals surface area contributed by atoms with Crippen LogP contribution in [0.4, 0.5) is 18.9 Å². The molecule has 0 amide bonds. The molecule has 0 bridgehead atoms. The minimum Gasteiger partial charge on any atom is -0.383 e. The second-order valence-corrected chi connectivity index (χ2v) is 3.92. The summed E-state index contributed by atoms with van der Waals surface area (Å²) in [6, 6.07) is 5.14. The number of hydrogen-bond donors (Lipinski definition) is 2. The Hall–Kier alpha value is -1.27. The lowest BCUT2D eigenvalue weighted by Crippen LogP contribution is -2.29. The minimum atomic E-state index is -4.37. The number of rotatable bonds is 6. The topological polar surface area (TPSA) is 47.3 Å². The average Bonchev–Trinajstić information content (AvgIpc) is 2.29. The van der Waals surface area contributed by atoms with Crippen LogP contribution in [0.2, 0.25) is 0 Å². The minimum absolute atomic E-state index is 0.0560. The second kappa shape index (κ2) is 6.61. The van der Waals surface area contributed by atoms with Gasteiger partial charge in [-0.25, -0.2) is 0 Å². The smallest absolute Gasteiger partial charge is 0.383 e. The van der Waals surface area contributed by atoms with Crippen LogP contribution in [0.5, 0.6) is 0 Å². The van der Waals surface area contributed by atoms with Crippen molar-refractivity contribution >= 4 is 5.69 Å². The molecule has 3 nitrogen and oxygen atoms in total. The fourth-order valence-electron chi connectivity index (χ4n) is 1.68. The molecule has 6 heteroatoms. The van der Waals surface area contributed by atoms with E-state index in [4.69, 9.17) is 10.5 Å². The van der Waals surface area contributed by atoms with Crippen LogP contribution in [-0.2, 0) is 10.9 Å². The van der Waals surface area contributed by atoms with Crippen molar-refractivity contribution < 1.29 is 17.9 Å². The molecule has 1 atom stereocenters. The Morgan fingerprint density at radius 2 is 2.00 bits per heavy atom. The van der Waals surface area contributed by atoms with E-state index in [1.54, 1.807) is 6.07 Å². The quantitative estimate of drug-likeness (QED) is 0.828. The van der Waals surface area contributed by atoms with Crippen molar-refractivity contribution in [1.82, 2.24) is 0 Å².